The van der Waals surface area contributed by atoms with Crippen LogP contribution in [0.15, 0.2) is 53.8 Å². The first-order chi connectivity index (χ1) is 10.8. The van der Waals surface area contributed by atoms with E-state index in [-0.39, 0.29) is 12.0 Å². The number of fused-ring (bicyclic) bond motifs is 1. The van der Waals surface area contributed by atoms with Gasteiger partial charge in [-0.3, -0.25) is 9.78 Å². The summed E-state index contributed by atoms with van der Waals surface area (Å²) in [5.74, 6) is -0.0134. The standard InChI is InChI=1S/C17H15N3O2/c21-17(20-10-7-12-3-1-2-4-14(12)20)15-16(22-11-19-15)13-5-8-18-9-6-13/h1-6,8-9,11,15-16H,7,10H2. The highest BCUT2D eigenvalue weighted by Crippen LogP contribution is 2.33. The first-order valence-corrected chi connectivity index (χ1v) is 7.31. The number of pyridine rings is 1. The largest absolute Gasteiger partial charge is 0.473 e. The Bertz CT molecular complexity index is 730. The van der Waals surface area contributed by atoms with Crippen LogP contribution in [-0.2, 0) is 16.0 Å². The molecule has 0 bridgehead atoms. The van der Waals surface area contributed by atoms with Gasteiger partial charge in [-0.1, -0.05) is 18.2 Å². The molecule has 0 aliphatic carbocycles. The fraction of sp³-hybridized carbons (Fsp3) is 0.235. The molecule has 0 radical (unpaired) electrons. The monoisotopic (exact) mass is 293 g/mol. The van der Waals surface area contributed by atoms with E-state index in [1.807, 2.05) is 35.2 Å². The molecule has 2 aliphatic rings. The van der Waals surface area contributed by atoms with E-state index in [1.165, 1.54) is 12.0 Å². The average molecular weight is 293 g/mol. The Labute approximate surface area is 128 Å². The molecule has 0 N–H and O–H groups in total. The van der Waals surface area contributed by atoms with E-state index in [1.54, 1.807) is 12.4 Å². The third-order valence-electron chi connectivity index (χ3n) is 4.16. The van der Waals surface area contributed by atoms with Crippen LogP contribution in [0.1, 0.15) is 17.2 Å². The van der Waals surface area contributed by atoms with Crippen LogP contribution in [0, 0.1) is 0 Å². The summed E-state index contributed by atoms with van der Waals surface area (Å²) in [7, 11) is 0. The second-order valence-electron chi connectivity index (χ2n) is 5.41. The Hall–Kier alpha value is -2.69. The zero-order valence-corrected chi connectivity index (χ0v) is 11.9. The zero-order chi connectivity index (χ0) is 14.9. The predicted octanol–water partition coefficient (Wildman–Crippen LogP) is 2.14. The minimum atomic E-state index is -0.534. The Balaban J connectivity index is 1.62. The first kappa shape index (κ1) is 13.0. The molecule has 0 saturated carbocycles. The van der Waals surface area contributed by atoms with E-state index in [2.05, 4.69) is 16.0 Å². The van der Waals surface area contributed by atoms with Crippen LogP contribution in [-0.4, -0.2) is 29.9 Å². The molecule has 3 heterocycles. The molecular formula is C17H15N3O2. The molecule has 1 aromatic carbocycles. The number of aliphatic imine (C=N–C) groups is 1. The Morgan fingerprint density at radius 3 is 2.86 bits per heavy atom. The fourth-order valence-corrected chi connectivity index (χ4v) is 3.05. The van der Waals surface area contributed by atoms with Crippen molar-refractivity contribution in [3.05, 3.63) is 59.9 Å². The van der Waals surface area contributed by atoms with Gasteiger partial charge in [0.15, 0.2) is 18.5 Å². The van der Waals surface area contributed by atoms with Gasteiger partial charge in [0, 0.05) is 24.6 Å². The van der Waals surface area contributed by atoms with Crippen LogP contribution in [0.25, 0.3) is 0 Å². The third-order valence-corrected chi connectivity index (χ3v) is 4.16. The number of aromatic nitrogens is 1. The van der Waals surface area contributed by atoms with Gasteiger partial charge in [-0.25, -0.2) is 4.99 Å². The van der Waals surface area contributed by atoms with Gasteiger partial charge < -0.3 is 9.64 Å². The van der Waals surface area contributed by atoms with Gasteiger partial charge in [0.05, 0.1) is 0 Å². The number of hydrogen-bond donors (Lipinski definition) is 0. The van der Waals surface area contributed by atoms with Gasteiger partial charge in [0.25, 0.3) is 5.91 Å². The van der Waals surface area contributed by atoms with Crippen LogP contribution >= 0.6 is 0 Å². The summed E-state index contributed by atoms with van der Waals surface area (Å²) in [4.78, 5) is 23.0. The van der Waals surface area contributed by atoms with Crippen LogP contribution in [0.4, 0.5) is 5.69 Å². The molecule has 110 valence electrons. The SMILES string of the molecule is O=C(C1N=COC1c1ccncc1)N1CCc2ccccc21. The number of hydrogen-bond acceptors (Lipinski definition) is 4. The van der Waals surface area contributed by atoms with Gasteiger partial charge in [0.2, 0.25) is 0 Å². The summed E-state index contributed by atoms with van der Waals surface area (Å²) in [5, 5.41) is 0. The first-order valence-electron chi connectivity index (χ1n) is 7.31. The fourth-order valence-electron chi connectivity index (χ4n) is 3.05. The maximum Gasteiger partial charge on any atom is 0.256 e. The van der Waals surface area contributed by atoms with Gasteiger partial charge in [-0.05, 0) is 35.7 Å². The lowest BCUT2D eigenvalue weighted by Crippen LogP contribution is -2.39. The number of carbonyl (C=O) groups excluding carboxylic acids is 1. The van der Waals surface area contributed by atoms with Crippen molar-refractivity contribution in [3.8, 4) is 0 Å². The molecule has 1 amide bonds. The summed E-state index contributed by atoms with van der Waals surface area (Å²) in [6.45, 7) is 0.702. The molecule has 2 unspecified atom stereocenters. The smallest absolute Gasteiger partial charge is 0.256 e. The van der Waals surface area contributed by atoms with Crippen LogP contribution < -0.4 is 4.90 Å². The molecule has 2 aliphatic heterocycles. The van der Waals surface area contributed by atoms with E-state index >= 15 is 0 Å². The summed E-state index contributed by atoms with van der Waals surface area (Å²) in [5.41, 5.74) is 3.11. The lowest BCUT2D eigenvalue weighted by atomic mass is 10.0. The summed E-state index contributed by atoms with van der Waals surface area (Å²) in [6, 6.07) is 11.2. The van der Waals surface area contributed by atoms with Crippen molar-refractivity contribution in [1.29, 1.82) is 0 Å². The van der Waals surface area contributed by atoms with Gasteiger partial charge in [0.1, 0.15) is 0 Å². The quantitative estimate of drug-likeness (QED) is 0.852. The molecule has 5 heteroatoms. The number of carbonyl (C=O) groups is 1. The normalized spacial score (nSPS) is 22.5. The van der Waals surface area contributed by atoms with E-state index in [0.717, 1.165) is 17.7 Å². The molecule has 0 spiro atoms. The van der Waals surface area contributed by atoms with Crippen molar-refractivity contribution in [2.24, 2.45) is 4.99 Å². The highest BCUT2D eigenvalue weighted by Gasteiger charge is 2.38. The number of nitrogens with zero attached hydrogens (tertiary/aromatic N) is 3. The van der Waals surface area contributed by atoms with Gasteiger partial charge in [-0.2, -0.15) is 0 Å². The molecular weight excluding hydrogens is 278 g/mol. The number of anilines is 1. The van der Waals surface area contributed by atoms with Gasteiger partial charge in [-0.15, -0.1) is 0 Å². The second-order valence-corrected chi connectivity index (χ2v) is 5.41. The second kappa shape index (κ2) is 5.26. The number of ether oxygens (including phenoxy) is 1. The number of benzene rings is 1. The molecule has 2 aromatic rings. The lowest BCUT2D eigenvalue weighted by molar-refractivity contribution is -0.121. The predicted molar refractivity (Wildman–Crippen MR) is 82.8 cm³/mol. The number of para-hydroxylation sites is 1. The van der Waals surface area contributed by atoms with Gasteiger partial charge >= 0.3 is 0 Å². The number of amides is 1. The molecule has 1 aromatic heterocycles. The van der Waals surface area contributed by atoms with Crippen LogP contribution in [0.3, 0.4) is 0 Å². The topological polar surface area (TPSA) is 54.8 Å². The molecule has 4 rings (SSSR count). The Kier molecular flexibility index (Phi) is 3.11. The third kappa shape index (κ3) is 2.06. The van der Waals surface area contributed by atoms with E-state index in [4.69, 9.17) is 4.74 Å². The average Bonchev–Trinajstić information content (AvgIpc) is 3.22. The van der Waals surface area contributed by atoms with Crippen molar-refractivity contribution in [2.75, 3.05) is 11.4 Å². The summed E-state index contributed by atoms with van der Waals surface area (Å²) >= 11 is 0. The van der Waals surface area contributed by atoms with Crippen molar-refractivity contribution in [3.63, 3.8) is 0 Å². The van der Waals surface area contributed by atoms with E-state index in [0.29, 0.717) is 6.54 Å². The molecule has 2 atom stereocenters. The highest BCUT2D eigenvalue weighted by atomic mass is 16.5. The molecule has 0 fully saturated rings. The maximum absolute atomic E-state index is 12.9. The minimum Gasteiger partial charge on any atom is -0.473 e. The molecule has 22 heavy (non-hydrogen) atoms. The molecule has 5 nitrogen and oxygen atoms in total. The van der Waals surface area contributed by atoms with E-state index in [9.17, 15) is 4.79 Å². The Morgan fingerprint density at radius 2 is 2.00 bits per heavy atom. The lowest BCUT2D eigenvalue weighted by Gasteiger charge is -2.23. The van der Waals surface area contributed by atoms with Crippen LogP contribution in [0.2, 0.25) is 0 Å². The van der Waals surface area contributed by atoms with Crippen molar-refractivity contribution in [1.82, 2.24) is 4.98 Å². The van der Waals surface area contributed by atoms with E-state index < -0.39 is 6.04 Å². The highest BCUT2D eigenvalue weighted by molar-refractivity contribution is 6.00. The Morgan fingerprint density at radius 1 is 1.18 bits per heavy atom. The minimum absolute atomic E-state index is 0.0134. The molecule has 0 saturated heterocycles. The zero-order valence-electron chi connectivity index (χ0n) is 11.9. The van der Waals surface area contributed by atoms with Crippen LogP contribution in [0.5, 0.6) is 0 Å². The van der Waals surface area contributed by atoms with Crippen molar-refractivity contribution in [2.45, 2.75) is 18.6 Å². The maximum atomic E-state index is 12.9. The van der Waals surface area contributed by atoms with Crippen molar-refractivity contribution < 1.29 is 9.53 Å². The number of rotatable bonds is 2. The summed E-state index contributed by atoms with van der Waals surface area (Å²) in [6.07, 6.45) is 5.30. The summed E-state index contributed by atoms with van der Waals surface area (Å²) < 4.78 is 5.55. The van der Waals surface area contributed by atoms with Crippen molar-refractivity contribution >= 4 is 18.0 Å².